The van der Waals surface area contributed by atoms with Crippen LogP contribution < -0.4 is 10.6 Å². The maximum absolute atomic E-state index is 13.7. The molecule has 3 N–H and O–H groups in total. The van der Waals surface area contributed by atoms with Crippen LogP contribution in [0.3, 0.4) is 0 Å². The van der Waals surface area contributed by atoms with Gasteiger partial charge in [0.15, 0.2) is 0 Å². The van der Waals surface area contributed by atoms with Gasteiger partial charge in [-0.25, -0.2) is 13.6 Å². The molecule has 6 nitrogen and oxygen atoms in total. The Morgan fingerprint density at radius 1 is 1.15 bits per heavy atom. The van der Waals surface area contributed by atoms with E-state index in [2.05, 4.69) is 17.2 Å². The zero-order chi connectivity index (χ0) is 24.3. The molecule has 1 aliphatic carbocycles. The first-order chi connectivity index (χ1) is 16.4. The predicted octanol–water partition coefficient (Wildman–Crippen LogP) is 3.88. The lowest BCUT2D eigenvalue weighted by atomic mass is 10.0. The van der Waals surface area contributed by atoms with Crippen molar-refractivity contribution in [3.05, 3.63) is 83.9 Å². The minimum absolute atomic E-state index is 0.0354. The van der Waals surface area contributed by atoms with E-state index in [4.69, 9.17) is 9.47 Å². The van der Waals surface area contributed by atoms with E-state index in [0.29, 0.717) is 12.2 Å². The van der Waals surface area contributed by atoms with Crippen molar-refractivity contribution in [2.75, 3.05) is 13.2 Å². The molecular weight excluding hydrogens is 442 g/mol. The van der Waals surface area contributed by atoms with Crippen LogP contribution in [0.5, 0.6) is 0 Å². The lowest BCUT2D eigenvalue weighted by Gasteiger charge is -2.26. The van der Waals surface area contributed by atoms with E-state index in [0.717, 1.165) is 30.9 Å². The molecule has 0 bridgehead atoms. The minimum Gasteiger partial charge on any atom is -0.445 e. The first-order valence-corrected chi connectivity index (χ1v) is 11.5. The van der Waals surface area contributed by atoms with Gasteiger partial charge in [0.2, 0.25) is 0 Å². The van der Waals surface area contributed by atoms with Crippen molar-refractivity contribution >= 4 is 6.09 Å². The normalized spacial score (nSPS) is 19.4. The van der Waals surface area contributed by atoms with Crippen LogP contribution in [0.2, 0.25) is 0 Å². The number of aliphatic hydroxyl groups is 1. The zero-order valence-corrected chi connectivity index (χ0v) is 19.1. The van der Waals surface area contributed by atoms with Crippen molar-refractivity contribution in [3.8, 4) is 0 Å². The summed E-state index contributed by atoms with van der Waals surface area (Å²) < 4.78 is 38.3. The van der Waals surface area contributed by atoms with Gasteiger partial charge in [-0.2, -0.15) is 0 Å². The average Bonchev–Trinajstić information content (AvgIpc) is 3.27. The number of carbonyl (C=O) groups excluding carboxylic acids is 1. The molecule has 4 atom stereocenters. The van der Waals surface area contributed by atoms with Crippen LogP contribution in [0.4, 0.5) is 13.6 Å². The second-order valence-electron chi connectivity index (χ2n) is 8.52. The first-order valence-electron chi connectivity index (χ1n) is 11.5. The summed E-state index contributed by atoms with van der Waals surface area (Å²) in [5.74, 6) is -1.44. The summed E-state index contributed by atoms with van der Waals surface area (Å²) >= 11 is 0. The van der Waals surface area contributed by atoms with Crippen molar-refractivity contribution in [1.29, 1.82) is 0 Å². The molecule has 8 heteroatoms. The van der Waals surface area contributed by atoms with Crippen molar-refractivity contribution in [3.63, 3.8) is 0 Å². The summed E-state index contributed by atoms with van der Waals surface area (Å²) in [5.41, 5.74) is 1.14. The SMILES string of the molecule is C=CCO[C@@H]1CC[C@H](NC[C@@H](O)[C@H](Cc2cc(F)cc(F)c2)NC(=O)OCc2ccccc2)C1. The number of aliphatic hydroxyl groups excluding tert-OH is 1. The van der Waals surface area contributed by atoms with E-state index in [1.54, 1.807) is 6.08 Å². The van der Waals surface area contributed by atoms with Gasteiger partial charge in [-0.15, -0.1) is 6.58 Å². The lowest BCUT2D eigenvalue weighted by molar-refractivity contribution is 0.0763. The van der Waals surface area contributed by atoms with E-state index in [1.807, 2.05) is 30.3 Å². The van der Waals surface area contributed by atoms with Crippen molar-refractivity contribution in [2.24, 2.45) is 0 Å². The Labute approximate surface area is 199 Å². The van der Waals surface area contributed by atoms with Gasteiger partial charge in [-0.1, -0.05) is 36.4 Å². The molecule has 1 amide bonds. The van der Waals surface area contributed by atoms with Gasteiger partial charge in [0.05, 0.1) is 24.9 Å². The van der Waals surface area contributed by atoms with Crippen LogP contribution in [-0.2, 0) is 22.5 Å². The predicted molar refractivity (Wildman–Crippen MR) is 125 cm³/mol. The fraction of sp³-hybridized carbons (Fsp3) is 0.423. The van der Waals surface area contributed by atoms with Crippen LogP contribution in [0, 0.1) is 11.6 Å². The molecule has 0 radical (unpaired) electrons. The molecule has 1 aliphatic rings. The minimum atomic E-state index is -1.01. The molecule has 0 aliphatic heterocycles. The molecule has 0 heterocycles. The van der Waals surface area contributed by atoms with Gasteiger partial charge in [-0.05, 0) is 48.9 Å². The van der Waals surface area contributed by atoms with Gasteiger partial charge in [0, 0.05) is 18.7 Å². The third-order valence-corrected chi connectivity index (χ3v) is 5.81. The highest BCUT2D eigenvalue weighted by molar-refractivity contribution is 5.67. The van der Waals surface area contributed by atoms with Crippen LogP contribution in [0.25, 0.3) is 0 Å². The van der Waals surface area contributed by atoms with Gasteiger partial charge < -0.3 is 25.2 Å². The number of rotatable bonds is 12. The van der Waals surface area contributed by atoms with E-state index >= 15 is 0 Å². The van der Waals surface area contributed by atoms with Crippen LogP contribution in [-0.4, -0.2) is 48.6 Å². The molecular formula is C26H32F2N2O4. The number of carbonyl (C=O) groups is 1. The monoisotopic (exact) mass is 474 g/mol. The van der Waals surface area contributed by atoms with Crippen molar-refractivity contribution in [1.82, 2.24) is 10.6 Å². The number of nitrogens with one attached hydrogen (secondary N) is 2. The molecule has 0 saturated heterocycles. The van der Waals surface area contributed by atoms with Gasteiger partial charge in [-0.3, -0.25) is 0 Å². The molecule has 2 aromatic rings. The second kappa shape index (κ2) is 13.2. The number of benzene rings is 2. The van der Waals surface area contributed by atoms with Crippen molar-refractivity contribution < 1.29 is 28.2 Å². The van der Waals surface area contributed by atoms with Crippen LogP contribution >= 0.6 is 0 Å². The quantitative estimate of drug-likeness (QED) is 0.407. The smallest absolute Gasteiger partial charge is 0.407 e. The lowest BCUT2D eigenvalue weighted by Crippen LogP contribution is -2.50. The average molecular weight is 475 g/mol. The molecule has 1 fully saturated rings. The number of hydrogen-bond acceptors (Lipinski definition) is 5. The molecule has 1 saturated carbocycles. The number of alkyl carbamates (subject to hydrolysis) is 1. The highest BCUT2D eigenvalue weighted by Crippen LogP contribution is 2.22. The Morgan fingerprint density at radius 2 is 1.88 bits per heavy atom. The Hall–Kier alpha value is -2.81. The van der Waals surface area contributed by atoms with Gasteiger partial charge in [0.25, 0.3) is 0 Å². The second-order valence-corrected chi connectivity index (χ2v) is 8.52. The maximum Gasteiger partial charge on any atom is 0.407 e. The topological polar surface area (TPSA) is 79.8 Å². The highest BCUT2D eigenvalue weighted by atomic mass is 19.1. The Balaban J connectivity index is 1.58. The summed E-state index contributed by atoms with van der Waals surface area (Å²) in [4.78, 5) is 12.4. The summed E-state index contributed by atoms with van der Waals surface area (Å²) in [6, 6.07) is 11.7. The van der Waals surface area contributed by atoms with E-state index in [-0.39, 0.29) is 31.7 Å². The maximum atomic E-state index is 13.7. The number of amides is 1. The summed E-state index contributed by atoms with van der Waals surface area (Å²) in [6.07, 6.45) is 2.79. The highest BCUT2D eigenvalue weighted by Gasteiger charge is 2.28. The van der Waals surface area contributed by atoms with E-state index in [9.17, 15) is 18.7 Å². The summed E-state index contributed by atoms with van der Waals surface area (Å²) in [7, 11) is 0. The Bertz CT molecular complexity index is 908. The Kier molecular flexibility index (Phi) is 10.00. The molecule has 3 rings (SSSR count). The zero-order valence-electron chi connectivity index (χ0n) is 19.1. The van der Waals surface area contributed by atoms with Crippen LogP contribution in [0.15, 0.2) is 61.2 Å². The first kappa shape index (κ1) is 25.8. The Morgan fingerprint density at radius 3 is 2.59 bits per heavy atom. The molecule has 2 aromatic carbocycles. The number of hydrogen-bond donors (Lipinski definition) is 3. The molecule has 0 unspecified atom stereocenters. The van der Waals surface area contributed by atoms with Gasteiger partial charge in [0.1, 0.15) is 18.2 Å². The standard InChI is InChI=1S/C26H32F2N2O4/c1-2-10-33-23-9-8-22(15-23)29-16-25(31)24(13-19-11-20(27)14-21(28)12-19)30-26(32)34-17-18-6-4-3-5-7-18/h2-7,11-12,14,22-25,29,31H,1,8-10,13,15-17H2,(H,30,32)/t22-,23+,24-,25+/m0/s1. The molecule has 184 valence electrons. The number of halogens is 2. The largest absolute Gasteiger partial charge is 0.445 e. The van der Waals surface area contributed by atoms with E-state index in [1.165, 1.54) is 12.1 Å². The fourth-order valence-corrected chi connectivity index (χ4v) is 4.09. The van der Waals surface area contributed by atoms with E-state index < -0.39 is 29.9 Å². The fourth-order valence-electron chi connectivity index (χ4n) is 4.09. The molecule has 0 aromatic heterocycles. The molecule has 0 spiro atoms. The third-order valence-electron chi connectivity index (χ3n) is 5.81. The summed E-state index contributed by atoms with van der Waals surface area (Å²) in [5, 5.41) is 16.8. The van der Waals surface area contributed by atoms with Crippen molar-refractivity contribution in [2.45, 2.75) is 56.6 Å². The molecule has 34 heavy (non-hydrogen) atoms. The number of ether oxygens (including phenoxy) is 2. The van der Waals surface area contributed by atoms with Gasteiger partial charge >= 0.3 is 6.09 Å². The summed E-state index contributed by atoms with van der Waals surface area (Å²) in [6.45, 7) is 4.42. The third kappa shape index (κ3) is 8.52. The van der Waals surface area contributed by atoms with Crippen LogP contribution in [0.1, 0.15) is 30.4 Å².